The number of nitrogens with one attached hydrogen (secondary N) is 2. The topological polar surface area (TPSA) is 82.7 Å². The minimum atomic E-state index is 0.681. The Morgan fingerprint density at radius 1 is 1.00 bits per heavy atom. The van der Waals surface area contributed by atoms with Gasteiger partial charge in [-0.05, 0) is 50.2 Å². The van der Waals surface area contributed by atoms with Crippen LogP contribution in [0.4, 0.5) is 0 Å². The predicted octanol–water partition coefficient (Wildman–Crippen LogP) is 3.49. The number of aromatic amines is 2. The van der Waals surface area contributed by atoms with Crippen molar-refractivity contribution >= 4 is 10.9 Å². The number of fused-ring (bicyclic) bond motifs is 1. The third kappa shape index (κ3) is 3.48. The van der Waals surface area contributed by atoms with Crippen molar-refractivity contribution in [3.63, 3.8) is 0 Å². The van der Waals surface area contributed by atoms with E-state index >= 15 is 0 Å². The maximum Gasteiger partial charge on any atom is 0.138 e. The van der Waals surface area contributed by atoms with E-state index in [2.05, 4.69) is 36.1 Å². The fourth-order valence-electron chi connectivity index (χ4n) is 3.66. The molecule has 1 saturated heterocycles. The molecule has 0 spiro atoms. The molecule has 0 radical (unpaired) electrons. The fourth-order valence-corrected chi connectivity index (χ4v) is 3.66. The lowest BCUT2D eigenvalue weighted by Crippen LogP contribution is -2.25. The Balaban J connectivity index is 1.31. The highest BCUT2D eigenvalue weighted by Gasteiger charge is 2.12. The molecular formula is C21H22N6O. The number of ether oxygens (including phenoxy) is 1. The lowest BCUT2D eigenvalue weighted by molar-refractivity contribution is 0.237. The highest BCUT2D eigenvalue weighted by atomic mass is 16.5. The molecule has 2 N–H and O–H groups in total. The molecule has 0 bridgehead atoms. The average molecular weight is 374 g/mol. The molecule has 7 nitrogen and oxygen atoms in total. The van der Waals surface area contributed by atoms with Gasteiger partial charge in [-0.15, -0.1) is 0 Å². The molecule has 1 aliphatic rings. The summed E-state index contributed by atoms with van der Waals surface area (Å²) in [5.41, 5.74) is 4.67. The van der Waals surface area contributed by atoms with Crippen LogP contribution < -0.4 is 4.74 Å². The first-order valence-electron chi connectivity index (χ1n) is 9.64. The van der Waals surface area contributed by atoms with E-state index in [4.69, 9.17) is 4.74 Å². The molecule has 5 rings (SSSR count). The van der Waals surface area contributed by atoms with Gasteiger partial charge in [-0.3, -0.25) is 20.0 Å². The summed E-state index contributed by atoms with van der Waals surface area (Å²) in [6.45, 7) is 4.01. The van der Waals surface area contributed by atoms with Crippen LogP contribution in [0.15, 0.2) is 49.1 Å². The number of hydrogen-bond acceptors (Lipinski definition) is 5. The van der Waals surface area contributed by atoms with Crippen LogP contribution in [-0.2, 0) is 0 Å². The van der Waals surface area contributed by atoms with Crippen molar-refractivity contribution in [2.24, 2.45) is 0 Å². The molecule has 4 aromatic heterocycles. The van der Waals surface area contributed by atoms with Crippen molar-refractivity contribution in [3.8, 4) is 28.4 Å². The van der Waals surface area contributed by atoms with Crippen LogP contribution in [0.2, 0.25) is 0 Å². The molecule has 0 saturated carbocycles. The first-order valence-corrected chi connectivity index (χ1v) is 9.64. The summed E-state index contributed by atoms with van der Waals surface area (Å²) in [6, 6.07) is 8.08. The summed E-state index contributed by atoms with van der Waals surface area (Å²) in [6.07, 6.45) is 9.77. The molecule has 0 aromatic carbocycles. The van der Waals surface area contributed by atoms with Crippen molar-refractivity contribution in [2.75, 3.05) is 26.2 Å². The van der Waals surface area contributed by atoms with Gasteiger partial charge in [-0.1, -0.05) is 0 Å². The number of likely N-dealkylation sites (tertiary alicyclic amines) is 1. The SMILES string of the molecule is c1cc2cc(-c3cc(-c4cncc(OCCN5CCCC5)c4)n[nH]3)[nH]c2cn1. The van der Waals surface area contributed by atoms with Gasteiger partial charge in [0, 0.05) is 29.9 Å². The first kappa shape index (κ1) is 16.9. The quantitative estimate of drug-likeness (QED) is 0.540. The van der Waals surface area contributed by atoms with Gasteiger partial charge in [-0.25, -0.2) is 0 Å². The second kappa shape index (κ2) is 7.44. The zero-order valence-corrected chi connectivity index (χ0v) is 15.6. The molecule has 1 aliphatic heterocycles. The Morgan fingerprint density at radius 2 is 1.93 bits per heavy atom. The van der Waals surface area contributed by atoms with Crippen molar-refractivity contribution in [3.05, 3.63) is 49.1 Å². The molecule has 142 valence electrons. The molecule has 5 heterocycles. The summed E-state index contributed by atoms with van der Waals surface area (Å²) < 4.78 is 5.91. The summed E-state index contributed by atoms with van der Waals surface area (Å²) in [7, 11) is 0. The third-order valence-corrected chi connectivity index (χ3v) is 5.18. The maximum absolute atomic E-state index is 5.91. The smallest absolute Gasteiger partial charge is 0.138 e. The lowest BCUT2D eigenvalue weighted by Gasteiger charge is -2.14. The third-order valence-electron chi connectivity index (χ3n) is 5.18. The molecular weight excluding hydrogens is 352 g/mol. The van der Waals surface area contributed by atoms with Crippen molar-refractivity contribution < 1.29 is 4.74 Å². The number of aromatic nitrogens is 5. The van der Waals surface area contributed by atoms with Gasteiger partial charge < -0.3 is 9.72 Å². The van der Waals surface area contributed by atoms with Gasteiger partial charge in [-0.2, -0.15) is 5.10 Å². The predicted molar refractivity (Wildman–Crippen MR) is 108 cm³/mol. The van der Waals surface area contributed by atoms with Crippen LogP contribution in [-0.4, -0.2) is 56.3 Å². The first-order chi connectivity index (χ1) is 13.8. The highest BCUT2D eigenvalue weighted by molar-refractivity contribution is 5.84. The van der Waals surface area contributed by atoms with Gasteiger partial charge in [0.25, 0.3) is 0 Å². The monoisotopic (exact) mass is 374 g/mol. The molecule has 0 atom stereocenters. The fraction of sp³-hybridized carbons (Fsp3) is 0.286. The van der Waals surface area contributed by atoms with Crippen LogP contribution >= 0.6 is 0 Å². The Morgan fingerprint density at radius 3 is 2.82 bits per heavy atom. The molecule has 1 fully saturated rings. The van der Waals surface area contributed by atoms with Gasteiger partial charge in [0.15, 0.2) is 0 Å². The molecule has 0 amide bonds. The summed E-state index contributed by atoms with van der Waals surface area (Å²) in [5, 5.41) is 8.68. The van der Waals surface area contributed by atoms with Gasteiger partial charge in [0.2, 0.25) is 0 Å². The van der Waals surface area contributed by atoms with E-state index < -0.39 is 0 Å². The molecule has 28 heavy (non-hydrogen) atoms. The Hall–Kier alpha value is -3.19. The number of H-pyrrole nitrogens is 2. The summed E-state index contributed by atoms with van der Waals surface area (Å²) >= 11 is 0. The molecule has 4 aromatic rings. The van der Waals surface area contributed by atoms with Gasteiger partial charge in [0.05, 0.1) is 35.0 Å². The number of nitrogens with zero attached hydrogens (tertiary/aromatic N) is 4. The van der Waals surface area contributed by atoms with Crippen LogP contribution in [0, 0.1) is 0 Å². The second-order valence-corrected chi connectivity index (χ2v) is 7.12. The Kier molecular flexibility index (Phi) is 4.50. The van der Waals surface area contributed by atoms with Gasteiger partial charge in [0.1, 0.15) is 12.4 Å². The van der Waals surface area contributed by atoms with E-state index in [1.807, 2.05) is 30.6 Å². The number of rotatable bonds is 6. The summed E-state index contributed by atoms with van der Waals surface area (Å²) in [4.78, 5) is 14.3. The van der Waals surface area contributed by atoms with E-state index in [-0.39, 0.29) is 0 Å². The average Bonchev–Trinajstić information content (AvgIpc) is 3.47. The van der Waals surface area contributed by atoms with E-state index in [1.165, 1.54) is 25.9 Å². The normalized spacial score (nSPS) is 14.7. The van der Waals surface area contributed by atoms with Crippen LogP contribution in [0.3, 0.4) is 0 Å². The highest BCUT2D eigenvalue weighted by Crippen LogP contribution is 2.27. The Labute approximate surface area is 162 Å². The van der Waals surface area contributed by atoms with Crippen LogP contribution in [0.25, 0.3) is 33.5 Å². The van der Waals surface area contributed by atoms with Crippen molar-refractivity contribution in [2.45, 2.75) is 12.8 Å². The van der Waals surface area contributed by atoms with Crippen molar-refractivity contribution in [1.29, 1.82) is 0 Å². The zero-order chi connectivity index (χ0) is 18.8. The van der Waals surface area contributed by atoms with E-state index in [1.54, 1.807) is 12.4 Å². The summed E-state index contributed by atoms with van der Waals surface area (Å²) in [5.74, 6) is 0.776. The number of pyridine rings is 2. The largest absolute Gasteiger partial charge is 0.491 e. The Bertz CT molecular complexity index is 1050. The van der Waals surface area contributed by atoms with Crippen LogP contribution in [0.5, 0.6) is 5.75 Å². The maximum atomic E-state index is 5.91. The van der Waals surface area contributed by atoms with E-state index in [0.717, 1.165) is 45.8 Å². The van der Waals surface area contributed by atoms with Crippen molar-refractivity contribution in [1.82, 2.24) is 30.0 Å². The van der Waals surface area contributed by atoms with E-state index in [9.17, 15) is 0 Å². The van der Waals surface area contributed by atoms with Gasteiger partial charge >= 0.3 is 0 Å². The standard InChI is InChI=1S/C21H22N6O/c1-2-6-27(5-1)7-8-28-17-9-16(12-23-13-17)18-11-20(26-25-18)19-10-15-3-4-22-14-21(15)24-19/h3-4,9-14,24H,1-2,5-8H2,(H,25,26). The zero-order valence-electron chi connectivity index (χ0n) is 15.6. The molecule has 7 heteroatoms. The second-order valence-electron chi connectivity index (χ2n) is 7.12. The van der Waals surface area contributed by atoms with E-state index in [0.29, 0.717) is 6.61 Å². The minimum absolute atomic E-state index is 0.681. The number of hydrogen-bond donors (Lipinski definition) is 2. The van der Waals surface area contributed by atoms with Crippen LogP contribution in [0.1, 0.15) is 12.8 Å². The minimum Gasteiger partial charge on any atom is -0.491 e. The molecule has 0 unspecified atom stereocenters. The lowest BCUT2D eigenvalue weighted by atomic mass is 10.2. The molecule has 0 aliphatic carbocycles.